The van der Waals surface area contributed by atoms with Crippen molar-refractivity contribution in [2.45, 2.75) is 45.3 Å². The molecule has 1 aliphatic carbocycles. The van der Waals surface area contributed by atoms with Gasteiger partial charge in [-0.25, -0.2) is 0 Å². The monoisotopic (exact) mass is 445 g/mol. The molecule has 1 unspecified atom stereocenters. The van der Waals surface area contributed by atoms with Crippen LogP contribution in [0.4, 0.5) is 27.6 Å². The molecule has 2 aromatic heterocycles. The van der Waals surface area contributed by atoms with Gasteiger partial charge in [-0.3, -0.25) is 19.3 Å². The van der Waals surface area contributed by atoms with Crippen molar-refractivity contribution in [2.75, 3.05) is 5.32 Å². The summed E-state index contributed by atoms with van der Waals surface area (Å²) in [4.78, 5) is 27.9. The number of amides is 2. The van der Waals surface area contributed by atoms with Crippen LogP contribution >= 0.6 is 0 Å². The number of carbonyl (C=O) groups excluding carboxylic acids is 2. The second kappa shape index (κ2) is 7.89. The summed E-state index contributed by atoms with van der Waals surface area (Å²) in [6.45, 7) is 1.53. The molecule has 1 saturated carbocycles. The zero-order valence-corrected chi connectivity index (χ0v) is 16.6. The lowest BCUT2D eigenvalue weighted by molar-refractivity contribution is -0.214. The molecule has 0 radical (unpaired) electrons. The van der Waals surface area contributed by atoms with Crippen LogP contribution in [0.2, 0.25) is 0 Å². The number of nitrogens with zero attached hydrogens (tertiary/aromatic N) is 3. The summed E-state index contributed by atoms with van der Waals surface area (Å²) in [7, 11) is 0. The molecule has 0 spiro atoms. The standard InChI is InChI=1S/C19H20F5N5O2/c1-9-14(17(31)27-11-5-6-26-13(7-11)16(25)30)29(28-15(9)18(2,20)21)8-10-3-4-12(10)19(22,23)24/h5-7,10,12H,3-4,8H2,1-2H3,(H2,25,30)(H,26,27,31)/t10?,12-/m1/s1. The zero-order chi connectivity index (χ0) is 23.1. The average Bonchev–Trinajstić information content (AvgIpc) is 2.94. The molecule has 2 aromatic rings. The van der Waals surface area contributed by atoms with E-state index in [1.165, 1.54) is 25.3 Å². The van der Waals surface area contributed by atoms with Crippen LogP contribution in [-0.4, -0.2) is 32.8 Å². The fourth-order valence-corrected chi connectivity index (χ4v) is 3.66. The van der Waals surface area contributed by atoms with E-state index in [1.807, 2.05) is 0 Å². The average molecular weight is 445 g/mol. The normalized spacial score (nSPS) is 19.1. The third-order valence-electron chi connectivity index (χ3n) is 5.34. The third kappa shape index (κ3) is 4.67. The predicted octanol–water partition coefficient (Wildman–Crippen LogP) is 3.64. The summed E-state index contributed by atoms with van der Waals surface area (Å²) < 4.78 is 68.2. The molecular formula is C19H20F5N5O2. The van der Waals surface area contributed by atoms with Crippen molar-refractivity contribution < 1.29 is 31.5 Å². The second-order valence-corrected chi connectivity index (χ2v) is 7.63. The minimum absolute atomic E-state index is 0.0559. The second-order valence-electron chi connectivity index (χ2n) is 7.63. The topological polar surface area (TPSA) is 103 Å². The quantitative estimate of drug-likeness (QED) is 0.663. The fraction of sp³-hybridized carbons (Fsp3) is 0.474. The van der Waals surface area contributed by atoms with Crippen LogP contribution < -0.4 is 11.1 Å². The number of aromatic nitrogens is 3. The van der Waals surface area contributed by atoms with Gasteiger partial charge in [-0.1, -0.05) is 0 Å². The number of pyridine rings is 1. The lowest BCUT2D eigenvalue weighted by Gasteiger charge is -2.37. The summed E-state index contributed by atoms with van der Waals surface area (Å²) >= 11 is 0. The number of nitrogens with one attached hydrogen (secondary N) is 1. The van der Waals surface area contributed by atoms with Crippen LogP contribution in [-0.2, 0) is 12.5 Å². The zero-order valence-electron chi connectivity index (χ0n) is 16.6. The smallest absolute Gasteiger partial charge is 0.364 e. The molecule has 7 nitrogen and oxygen atoms in total. The van der Waals surface area contributed by atoms with E-state index < -0.39 is 41.4 Å². The van der Waals surface area contributed by atoms with Crippen molar-refractivity contribution in [1.29, 1.82) is 0 Å². The largest absolute Gasteiger partial charge is 0.392 e. The Bertz CT molecular complexity index is 1010. The molecular weight excluding hydrogens is 425 g/mol. The maximum atomic E-state index is 14.0. The molecule has 2 amide bonds. The molecule has 0 saturated heterocycles. The summed E-state index contributed by atoms with van der Waals surface area (Å²) in [6.07, 6.45) is -3.00. The first kappa shape index (κ1) is 22.6. The van der Waals surface area contributed by atoms with Crippen molar-refractivity contribution in [1.82, 2.24) is 14.8 Å². The Hall–Kier alpha value is -3.05. The molecule has 3 rings (SSSR count). The third-order valence-corrected chi connectivity index (χ3v) is 5.34. The van der Waals surface area contributed by atoms with Gasteiger partial charge in [0.05, 0.1) is 5.92 Å². The SMILES string of the molecule is Cc1c(C(C)(F)F)nn(CC2CC[C@H]2C(F)(F)F)c1C(=O)Nc1ccnc(C(N)=O)c1. The minimum Gasteiger partial charge on any atom is -0.364 e. The van der Waals surface area contributed by atoms with Gasteiger partial charge in [0.2, 0.25) is 0 Å². The molecule has 2 atom stereocenters. The number of rotatable bonds is 6. The number of primary amides is 1. The number of carbonyl (C=O) groups is 2. The number of anilines is 1. The van der Waals surface area contributed by atoms with E-state index in [0.29, 0.717) is 6.92 Å². The number of nitrogens with two attached hydrogens (primary N) is 1. The van der Waals surface area contributed by atoms with E-state index >= 15 is 0 Å². The first-order valence-electron chi connectivity index (χ1n) is 9.38. The van der Waals surface area contributed by atoms with Gasteiger partial charge >= 0.3 is 6.18 Å². The van der Waals surface area contributed by atoms with Gasteiger partial charge in [-0.15, -0.1) is 0 Å². The maximum Gasteiger partial charge on any atom is 0.392 e. The number of hydrogen-bond acceptors (Lipinski definition) is 4. The van der Waals surface area contributed by atoms with Crippen LogP contribution in [0.25, 0.3) is 0 Å². The fourth-order valence-electron chi connectivity index (χ4n) is 3.66. The highest BCUT2D eigenvalue weighted by Gasteiger charge is 2.50. The van der Waals surface area contributed by atoms with Gasteiger partial charge in [-0.05, 0) is 37.8 Å². The Morgan fingerprint density at radius 2 is 1.94 bits per heavy atom. The van der Waals surface area contributed by atoms with E-state index in [9.17, 15) is 31.5 Å². The Balaban J connectivity index is 1.94. The van der Waals surface area contributed by atoms with Crippen LogP contribution in [0.5, 0.6) is 0 Å². The van der Waals surface area contributed by atoms with Crippen LogP contribution in [0.15, 0.2) is 18.3 Å². The summed E-state index contributed by atoms with van der Waals surface area (Å²) in [5.41, 5.74) is 4.02. The number of halogens is 5. The molecule has 0 aliphatic heterocycles. The highest BCUT2D eigenvalue weighted by Crippen LogP contribution is 2.46. The van der Waals surface area contributed by atoms with Crippen molar-refractivity contribution in [2.24, 2.45) is 17.6 Å². The molecule has 2 heterocycles. The lowest BCUT2D eigenvalue weighted by atomic mass is 9.73. The Labute approximate surface area is 173 Å². The molecule has 1 aliphatic rings. The number of hydrogen-bond donors (Lipinski definition) is 2. The van der Waals surface area contributed by atoms with Gasteiger partial charge in [0.15, 0.2) is 0 Å². The Kier molecular flexibility index (Phi) is 5.76. The molecule has 1 fully saturated rings. The van der Waals surface area contributed by atoms with Gasteiger partial charge in [-0.2, -0.15) is 27.1 Å². The van der Waals surface area contributed by atoms with E-state index in [2.05, 4.69) is 15.4 Å². The predicted molar refractivity (Wildman–Crippen MR) is 99.5 cm³/mol. The van der Waals surface area contributed by atoms with Crippen LogP contribution in [0, 0.1) is 18.8 Å². The summed E-state index contributed by atoms with van der Waals surface area (Å²) in [5, 5.41) is 6.22. The molecule has 31 heavy (non-hydrogen) atoms. The van der Waals surface area contributed by atoms with Gasteiger partial charge in [0.25, 0.3) is 17.7 Å². The molecule has 12 heteroatoms. The highest BCUT2D eigenvalue weighted by molar-refractivity contribution is 6.04. The molecule has 0 aromatic carbocycles. The highest BCUT2D eigenvalue weighted by atomic mass is 19.4. The molecule has 168 valence electrons. The summed E-state index contributed by atoms with van der Waals surface area (Å²) in [6, 6.07) is 2.54. The van der Waals surface area contributed by atoms with E-state index in [4.69, 9.17) is 5.73 Å². The van der Waals surface area contributed by atoms with Crippen molar-refractivity contribution in [3.63, 3.8) is 0 Å². The van der Waals surface area contributed by atoms with Crippen molar-refractivity contribution in [3.8, 4) is 0 Å². The van der Waals surface area contributed by atoms with E-state index in [-0.39, 0.29) is 42.0 Å². The van der Waals surface area contributed by atoms with Gasteiger partial charge in [0, 0.05) is 30.9 Å². The van der Waals surface area contributed by atoms with Crippen LogP contribution in [0.3, 0.4) is 0 Å². The van der Waals surface area contributed by atoms with E-state index in [0.717, 1.165) is 4.68 Å². The van der Waals surface area contributed by atoms with Crippen molar-refractivity contribution in [3.05, 3.63) is 41.0 Å². The Morgan fingerprint density at radius 1 is 1.26 bits per heavy atom. The lowest BCUT2D eigenvalue weighted by Crippen LogP contribution is -2.41. The Morgan fingerprint density at radius 3 is 2.45 bits per heavy atom. The van der Waals surface area contributed by atoms with Crippen molar-refractivity contribution >= 4 is 17.5 Å². The van der Waals surface area contributed by atoms with Gasteiger partial charge in [0.1, 0.15) is 17.1 Å². The summed E-state index contributed by atoms with van der Waals surface area (Å²) in [5.74, 6) is -7.54. The van der Waals surface area contributed by atoms with E-state index in [1.54, 1.807) is 0 Å². The first-order chi connectivity index (χ1) is 14.3. The minimum atomic E-state index is -4.41. The molecule has 3 N–H and O–H groups in total. The maximum absolute atomic E-state index is 14.0. The van der Waals surface area contributed by atoms with Gasteiger partial charge < -0.3 is 11.1 Å². The number of alkyl halides is 5. The van der Waals surface area contributed by atoms with Crippen LogP contribution in [0.1, 0.15) is 52.0 Å². The molecule has 0 bridgehead atoms. The first-order valence-corrected chi connectivity index (χ1v) is 9.38.